The summed E-state index contributed by atoms with van der Waals surface area (Å²) in [5.41, 5.74) is 3.02. The Balaban J connectivity index is 1.64. The van der Waals surface area contributed by atoms with Crippen molar-refractivity contribution >= 4 is 28.2 Å². The predicted octanol–water partition coefficient (Wildman–Crippen LogP) is 6.18. The van der Waals surface area contributed by atoms with Crippen molar-refractivity contribution in [2.45, 2.75) is 66.7 Å². The SMILES string of the molecule is CCOC(=O)c1c(NC(=O)CCCOc2ccc(C)cc2)sc2c1CCC(C(C)(C)C)C2. The van der Waals surface area contributed by atoms with Gasteiger partial charge in [-0.15, -0.1) is 11.3 Å². The second-order valence-electron chi connectivity index (χ2n) is 9.55. The van der Waals surface area contributed by atoms with E-state index in [1.807, 2.05) is 31.2 Å². The number of thiophene rings is 1. The highest BCUT2D eigenvalue weighted by Crippen LogP contribution is 2.44. The molecule has 2 aromatic rings. The number of hydrogen-bond acceptors (Lipinski definition) is 5. The van der Waals surface area contributed by atoms with Crippen molar-refractivity contribution in [2.75, 3.05) is 18.5 Å². The normalized spacial score (nSPS) is 15.7. The van der Waals surface area contributed by atoms with Crippen molar-refractivity contribution in [1.29, 1.82) is 0 Å². The van der Waals surface area contributed by atoms with E-state index in [-0.39, 0.29) is 17.3 Å². The van der Waals surface area contributed by atoms with E-state index in [1.54, 1.807) is 6.92 Å². The molecular formula is C26H35NO4S. The van der Waals surface area contributed by atoms with E-state index in [0.717, 1.165) is 30.6 Å². The molecule has 1 aromatic carbocycles. The van der Waals surface area contributed by atoms with Crippen LogP contribution in [0.1, 0.15) is 73.3 Å². The van der Waals surface area contributed by atoms with Gasteiger partial charge >= 0.3 is 5.97 Å². The van der Waals surface area contributed by atoms with Crippen LogP contribution < -0.4 is 10.1 Å². The molecule has 0 spiro atoms. The van der Waals surface area contributed by atoms with E-state index in [1.165, 1.54) is 21.8 Å². The fraction of sp³-hybridized carbons (Fsp3) is 0.538. The van der Waals surface area contributed by atoms with Crippen LogP contribution in [0.2, 0.25) is 0 Å². The van der Waals surface area contributed by atoms with E-state index in [2.05, 4.69) is 26.1 Å². The molecule has 0 saturated carbocycles. The summed E-state index contributed by atoms with van der Waals surface area (Å²) in [5, 5.41) is 3.62. The van der Waals surface area contributed by atoms with Crippen LogP contribution in [-0.4, -0.2) is 25.1 Å². The maximum Gasteiger partial charge on any atom is 0.341 e. The van der Waals surface area contributed by atoms with Crippen molar-refractivity contribution in [2.24, 2.45) is 11.3 Å². The molecule has 5 nitrogen and oxygen atoms in total. The lowest BCUT2D eigenvalue weighted by Gasteiger charge is -2.33. The summed E-state index contributed by atoms with van der Waals surface area (Å²) in [6, 6.07) is 7.87. The van der Waals surface area contributed by atoms with Crippen LogP contribution in [-0.2, 0) is 22.4 Å². The van der Waals surface area contributed by atoms with E-state index < -0.39 is 0 Å². The predicted molar refractivity (Wildman–Crippen MR) is 130 cm³/mol. The van der Waals surface area contributed by atoms with E-state index in [4.69, 9.17) is 9.47 Å². The maximum absolute atomic E-state index is 12.7. The van der Waals surface area contributed by atoms with E-state index in [9.17, 15) is 9.59 Å². The van der Waals surface area contributed by atoms with Crippen molar-refractivity contribution in [1.82, 2.24) is 0 Å². The van der Waals surface area contributed by atoms with Gasteiger partial charge in [0, 0.05) is 11.3 Å². The molecule has 1 heterocycles. The number of ether oxygens (including phenoxy) is 2. The summed E-state index contributed by atoms with van der Waals surface area (Å²) >= 11 is 1.54. The summed E-state index contributed by atoms with van der Waals surface area (Å²) in [4.78, 5) is 26.5. The molecule has 1 aliphatic rings. The Morgan fingerprint density at radius 2 is 1.91 bits per heavy atom. The van der Waals surface area contributed by atoms with Crippen LogP contribution in [0, 0.1) is 18.3 Å². The van der Waals surface area contributed by atoms with Gasteiger partial charge in [-0.2, -0.15) is 0 Å². The second-order valence-corrected chi connectivity index (χ2v) is 10.7. The summed E-state index contributed by atoms with van der Waals surface area (Å²) in [5.74, 6) is 0.928. The highest BCUT2D eigenvalue weighted by Gasteiger charge is 2.34. The second kappa shape index (κ2) is 10.5. The summed E-state index contributed by atoms with van der Waals surface area (Å²) in [6.45, 7) is 11.4. The lowest BCUT2D eigenvalue weighted by atomic mass is 9.72. The topological polar surface area (TPSA) is 64.6 Å². The first-order valence-electron chi connectivity index (χ1n) is 11.5. The Bertz CT molecular complexity index is 940. The van der Waals surface area contributed by atoms with Crippen molar-refractivity contribution < 1.29 is 19.1 Å². The Morgan fingerprint density at radius 3 is 2.56 bits per heavy atom. The monoisotopic (exact) mass is 457 g/mol. The smallest absolute Gasteiger partial charge is 0.341 e. The molecule has 32 heavy (non-hydrogen) atoms. The first-order chi connectivity index (χ1) is 15.2. The molecule has 6 heteroatoms. The molecule has 1 aromatic heterocycles. The zero-order valence-corrected chi connectivity index (χ0v) is 20.7. The molecule has 1 atom stereocenters. The van der Waals surface area contributed by atoms with Crippen LogP contribution in [0.3, 0.4) is 0 Å². The number of amides is 1. The molecule has 0 fully saturated rings. The van der Waals surface area contributed by atoms with Gasteiger partial charge < -0.3 is 14.8 Å². The van der Waals surface area contributed by atoms with Gasteiger partial charge in [0.2, 0.25) is 5.91 Å². The van der Waals surface area contributed by atoms with Crippen LogP contribution in [0.4, 0.5) is 5.00 Å². The van der Waals surface area contributed by atoms with E-state index >= 15 is 0 Å². The van der Waals surface area contributed by atoms with Gasteiger partial charge in [0.15, 0.2) is 0 Å². The van der Waals surface area contributed by atoms with Crippen molar-refractivity contribution in [3.63, 3.8) is 0 Å². The van der Waals surface area contributed by atoms with Gasteiger partial charge in [-0.1, -0.05) is 38.5 Å². The number of carbonyl (C=O) groups is 2. The fourth-order valence-electron chi connectivity index (χ4n) is 4.08. The molecule has 1 amide bonds. The van der Waals surface area contributed by atoms with Gasteiger partial charge in [-0.05, 0) is 68.6 Å². The zero-order chi connectivity index (χ0) is 23.3. The first-order valence-corrected chi connectivity index (χ1v) is 12.3. The number of fused-ring (bicyclic) bond motifs is 1. The van der Waals surface area contributed by atoms with Crippen LogP contribution in [0.15, 0.2) is 24.3 Å². The van der Waals surface area contributed by atoms with Gasteiger partial charge in [-0.3, -0.25) is 4.79 Å². The number of rotatable bonds is 8. The quantitative estimate of drug-likeness (QED) is 0.380. The lowest BCUT2D eigenvalue weighted by Crippen LogP contribution is -2.26. The van der Waals surface area contributed by atoms with Crippen LogP contribution in [0.5, 0.6) is 5.75 Å². The maximum atomic E-state index is 12.7. The van der Waals surface area contributed by atoms with Crippen molar-refractivity contribution in [3.8, 4) is 5.75 Å². The van der Waals surface area contributed by atoms with Gasteiger partial charge in [0.05, 0.1) is 18.8 Å². The highest BCUT2D eigenvalue weighted by atomic mass is 32.1. The Morgan fingerprint density at radius 1 is 1.19 bits per heavy atom. The third-order valence-corrected chi connectivity index (χ3v) is 7.23. The Hall–Kier alpha value is -2.34. The summed E-state index contributed by atoms with van der Waals surface area (Å²) < 4.78 is 11.0. The fourth-order valence-corrected chi connectivity index (χ4v) is 5.41. The summed E-state index contributed by atoms with van der Waals surface area (Å²) in [6.07, 6.45) is 3.77. The third-order valence-electron chi connectivity index (χ3n) is 6.06. The molecule has 1 N–H and O–H groups in total. The average Bonchev–Trinajstić information content (AvgIpc) is 3.09. The van der Waals surface area contributed by atoms with E-state index in [0.29, 0.717) is 42.5 Å². The van der Waals surface area contributed by atoms with Gasteiger partial charge in [0.25, 0.3) is 0 Å². The minimum Gasteiger partial charge on any atom is -0.494 e. The molecular weight excluding hydrogens is 422 g/mol. The van der Waals surface area contributed by atoms with Gasteiger partial charge in [-0.25, -0.2) is 4.79 Å². The standard InChI is InChI=1S/C26H35NO4S/c1-6-30-25(29)23-20-14-11-18(26(3,4)5)16-21(20)32-24(23)27-22(28)8-7-15-31-19-12-9-17(2)10-13-19/h9-10,12-13,18H,6-8,11,14-16H2,1-5H3,(H,27,28). The Kier molecular flexibility index (Phi) is 7.99. The first kappa shape index (κ1) is 24.3. The lowest BCUT2D eigenvalue weighted by molar-refractivity contribution is -0.116. The zero-order valence-electron chi connectivity index (χ0n) is 19.9. The molecule has 1 unspecified atom stereocenters. The minimum absolute atomic E-state index is 0.103. The third kappa shape index (κ3) is 6.12. The van der Waals surface area contributed by atoms with Gasteiger partial charge in [0.1, 0.15) is 10.8 Å². The molecule has 3 rings (SSSR count). The molecule has 0 aliphatic heterocycles. The molecule has 0 saturated heterocycles. The minimum atomic E-state index is -0.336. The highest BCUT2D eigenvalue weighted by molar-refractivity contribution is 7.17. The molecule has 174 valence electrons. The number of hydrogen-bond donors (Lipinski definition) is 1. The number of carbonyl (C=O) groups excluding carboxylic acids is 2. The number of esters is 1. The molecule has 1 aliphatic carbocycles. The number of benzene rings is 1. The molecule has 0 bridgehead atoms. The summed E-state index contributed by atoms with van der Waals surface area (Å²) in [7, 11) is 0. The number of nitrogens with one attached hydrogen (secondary N) is 1. The largest absolute Gasteiger partial charge is 0.494 e. The van der Waals surface area contributed by atoms with Crippen LogP contribution >= 0.6 is 11.3 Å². The average molecular weight is 458 g/mol. The number of anilines is 1. The number of aryl methyl sites for hydroxylation is 1. The Labute approximate surface area is 195 Å². The van der Waals surface area contributed by atoms with Crippen molar-refractivity contribution in [3.05, 3.63) is 45.8 Å². The van der Waals surface area contributed by atoms with Crippen LogP contribution in [0.25, 0.3) is 0 Å². The molecule has 0 radical (unpaired) electrons.